The van der Waals surface area contributed by atoms with Gasteiger partial charge in [-0.1, -0.05) is 22.9 Å². The maximum absolute atomic E-state index is 9.84. The van der Waals surface area contributed by atoms with E-state index in [0.29, 0.717) is 17.5 Å². The summed E-state index contributed by atoms with van der Waals surface area (Å²) in [6, 6.07) is 8.35. The third kappa shape index (κ3) is 3.19. The first kappa shape index (κ1) is 14.0. The lowest BCUT2D eigenvalue weighted by molar-refractivity contribution is 0.164. The van der Waals surface area contributed by atoms with Crippen LogP contribution in [0.5, 0.6) is 0 Å². The Morgan fingerprint density at radius 1 is 1.45 bits per heavy atom. The Hall–Kier alpha value is -0.980. The zero-order valence-electron chi connectivity index (χ0n) is 11.2. The van der Waals surface area contributed by atoms with Gasteiger partial charge in [-0.15, -0.1) is 11.8 Å². The van der Waals surface area contributed by atoms with Crippen molar-refractivity contribution in [2.24, 2.45) is 0 Å². The van der Waals surface area contributed by atoms with Gasteiger partial charge < -0.3 is 9.63 Å². The summed E-state index contributed by atoms with van der Waals surface area (Å²) < 4.78 is 5.28. The molecule has 1 aromatic carbocycles. The number of hydrogen-bond acceptors (Lipinski definition) is 6. The molecule has 2 heterocycles. The molecule has 0 spiro atoms. The molecule has 106 valence electrons. The Morgan fingerprint density at radius 2 is 2.35 bits per heavy atom. The Bertz CT molecular complexity index is 588. The number of aromatic nitrogens is 2. The van der Waals surface area contributed by atoms with E-state index < -0.39 is 0 Å². The lowest BCUT2D eigenvalue weighted by Gasteiger charge is -2.06. The smallest absolute Gasteiger partial charge is 0.233 e. The van der Waals surface area contributed by atoms with Crippen molar-refractivity contribution >= 4 is 23.5 Å². The molecule has 0 saturated carbocycles. The molecule has 0 aliphatic carbocycles. The topological polar surface area (TPSA) is 59.2 Å². The van der Waals surface area contributed by atoms with Gasteiger partial charge in [0, 0.05) is 16.4 Å². The molecule has 1 aromatic heterocycles. The molecule has 3 rings (SSSR count). The number of rotatable bonds is 4. The first-order valence-electron chi connectivity index (χ1n) is 6.50. The average molecular weight is 308 g/mol. The quantitative estimate of drug-likeness (QED) is 0.877. The van der Waals surface area contributed by atoms with Gasteiger partial charge in [-0.25, -0.2) is 0 Å². The summed E-state index contributed by atoms with van der Waals surface area (Å²) in [4.78, 5) is 5.61. The van der Waals surface area contributed by atoms with Crippen molar-refractivity contribution in [3.63, 3.8) is 0 Å². The highest BCUT2D eigenvalue weighted by Gasteiger charge is 2.31. The van der Waals surface area contributed by atoms with Crippen LogP contribution in [0, 0.1) is 6.92 Å². The minimum absolute atomic E-state index is 0.00906. The zero-order chi connectivity index (χ0) is 13.9. The van der Waals surface area contributed by atoms with Crippen LogP contribution in [-0.2, 0) is 5.75 Å². The molecule has 20 heavy (non-hydrogen) atoms. The number of aliphatic hydroxyl groups is 1. The van der Waals surface area contributed by atoms with Gasteiger partial charge in [0.1, 0.15) is 0 Å². The van der Waals surface area contributed by atoms with Crippen molar-refractivity contribution in [3.05, 3.63) is 41.5 Å². The highest BCUT2D eigenvalue weighted by atomic mass is 32.2. The second-order valence-electron chi connectivity index (χ2n) is 4.87. The lowest BCUT2D eigenvalue weighted by Crippen LogP contribution is -2.15. The van der Waals surface area contributed by atoms with E-state index >= 15 is 0 Å². The molecule has 1 fully saturated rings. The van der Waals surface area contributed by atoms with Gasteiger partial charge in [-0.3, -0.25) is 0 Å². The standard InChI is InChI=1S/C14H16N2O2S2/c1-9-3-2-4-10(5-9)20-8-13-15-14(18-16-13)11-6-19-7-12(11)17/h2-5,11-12,17H,6-8H2,1H3. The predicted molar refractivity (Wildman–Crippen MR) is 81.1 cm³/mol. The molecule has 2 aromatic rings. The number of benzene rings is 1. The van der Waals surface area contributed by atoms with Crippen LogP contribution in [0.3, 0.4) is 0 Å². The van der Waals surface area contributed by atoms with Crippen molar-refractivity contribution in [1.29, 1.82) is 0 Å². The fourth-order valence-corrected chi connectivity index (χ4v) is 4.19. The van der Waals surface area contributed by atoms with E-state index in [1.807, 2.05) is 6.07 Å². The zero-order valence-corrected chi connectivity index (χ0v) is 12.8. The molecule has 0 amide bonds. The second-order valence-corrected chi connectivity index (χ2v) is 6.99. The number of aryl methyl sites for hydroxylation is 1. The monoisotopic (exact) mass is 308 g/mol. The first-order chi connectivity index (χ1) is 9.72. The predicted octanol–water partition coefficient (Wildman–Crippen LogP) is 2.86. The van der Waals surface area contributed by atoms with Crippen LogP contribution in [0.15, 0.2) is 33.7 Å². The van der Waals surface area contributed by atoms with Gasteiger partial charge in [0.25, 0.3) is 0 Å². The number of thioether (sulfide) groups is 2. The van der Waals surface area contributed by atoms with E-state index in [0.717, 1.165) is 11.5 Å². The highest BCUT2D eigenvalue weighted by molar-refractivity contribution is 7.99. The average Bonchev–Trinajstić information content (AvgIpc) is 3.05. The normalized spacial score (nSPS) is 22.3. The summed E-state index contributed by atoms with van der Waals surface area (Å²) in [6.07, 6.45) is -0.363. The van der Waals surface area contributed by atoms with Gasteiger partial charge in [0.15, 0.2) is 5.82 Å². The van der Waals surface area contributed by atoms with Crippen LogP contribution in [0.1, 0.15) is 23.2 Å². The van der Waals surface area contributed by atoms with Gasteiger partial charge in [-0.05, 0) is 19.1 Å². The van der Waals surface area contributed by atoms with Crippen LogP contribution < -0.4 is 0 Å². The summed E-state index contributed by atoms with van der Waals surface area (Å²) in [5.41, 5.74) is 1.25. The maximum atomic E-state index is 9.84. The molecule has 2 atom stereocenters. The Morgan fingerprint density at radius 3 is 3.10 bits per heavy atom. The summed E-state index contributed by atoms with van der Waals surface area (Å²) in [5.74, 6) is 3.54. The van der Waals surface area contributed by atoms with E-state index in [1.165, 1.54) is 10.5 Å². The van der Waals surface area contributed by atoms with Crippen molar-refractivity contribution in [1.82, 2.24) is 10.1 Å². The number of aliphatic hydroxyl groups excluding tert-OH is 1. The van der Waals surface area contributed by atoms with Gasteiger partial charge in [0.05, 0.1) is 17.8 Å². The molecule has 1 saturated heterocycles. The molecule has 0 radical (unpaired) electrons. The highest BCUT2D eigenvalue weighted by Crippen LogP contribution is 2.32. The van der Waals surface area contributed by atoms with Crippen LogP contribution in [-0.4, -0.2) is 32.9 Å². The molecule has 1 N–H and O–H groups in total. The summed E-state index contributed by atoms with van der Waals surface area (Å²) in [7, 11) is 0. The Balaban J connectivity index is 1.63. The van der Waals surface area contributed by atoms with Crippen molar-refractivity contribution in [2.75, 3.05) is 11.5 Å². The van der Waals surface area contributed by atoms with E-state index in [4.69, 9.17) is 4.52 Å². The van der Waals surface area contributed by atoms with Gasteiger partial charge in [-0.2, -0.15) is 16.7 Å². The van der Waals surface area contributed by atoms with Gasteiger partial charge >= 0.3 is 0 Å². The van der Waals surface area contributed by atoms with Crippen molar-refractivity contribution in [2.45, 2.75) is 29.6 Å². The molecule has 1 aliphatic heterocycles. The van der Waals surface area contributed by atoms with Crippen molar-refractivity contribution in [3.8, 4) is 0 Å². The second kappa shape index (κ2) is 6.20. The van der Waals surface area contributed by atoms with Gasteiger partial charge in [0.2, 0.25) is 5.89 Å². The maximum Gasteiger partial charge on any atom is 0.233 e. The third-order valence-electron chi connectivity index (χ3n) is 3.21. The van der Waals surface area contributed by atoms with E-state index in [9.17, 15) is 5.11 Å². The molecular formula is C14H16N2O2S2. The van der Waals surface area contributed by atoms with Crippen LogP contribution in [0.25, 0.3) is 0 Å². The minimum atomic E-state index is -0.363. The number of nitrogens with zero attached hydrogens (tertiary/aromatic N) is 2. The third-order valence-corrected chi connectivity index (χ3v) is 5.37. The molecule has 2 unspecified atom stereocenters. The number of hydrogen-bond donors (Lipinski definition) is 1. The summed E-state index contributed by atoms with van der Waals surface area (Å²) >= 11 is 3.41. The van der Waals surface area contributed by atoms with Crippen LogP contribution in [0.2, 0.25) is 0 Å². The molecule has 4 nitrogen and oxygen atoms in total. The fraction of sp³-hybridized carbons (Fsp3) is 0.429. The van der Waals surface area contributed by atoms with Crippen LogP contribution in [0.4, 0.5) is 0 Å². The molecule has 0 bridgehead atoms. The fourth-order valence-electron chi connectivity index (χ4n) is 2.11. The van der Waals surface area contributed by atoms with E-state index in [1.54, 1.807) is 23.5 Å². The molecule has 6 heteroatoms. The lowest BCUT2D eigenvalue weighted by atomic mass is 10.1. The summed E-state index contributed by atoms with van der Waals surface area (Å²) in [5, 5.41) is 13.8. The molecular weight excluding hydrogens is 292 g/mol. The molecule has 1 aliphatic rings. The van der Waals surface area contributed by atoms with Crippen molar-refractivity contribution < 1.29 is 9.63 Å². The largest absolute Gasteiger partial charge is 0.391 e. The minimum Gasteiger partial charge on any atom is -0.391 e. The SMILES string of the molecule is Cc1cccc(SCc2noc(C3CSCC3O)n2)c1. The van der Waals surface area contributed by atoms with E-state index in [-0.39, 0.29) is 12.0 Å². The Kier molecular flexibility index (Phi) is 4.33. The van der Waals surface area contributed by atoms with Crippen LogP contribution >= 0.6 is 23.5 Å². The van der Waals surface area contributed by atoms with E-state index in [2.05, 4.69) is 35.3 Å². The summed E-state index contributed by atoms with van der Waals surface area (Å²) in [6.45, 7) is 2.08. The Labute approximate surface area is 126 Å². The first-order valence-corrected chi connectivity index (χ1v) is 8.64.